The molecule has 12 nitrogen and oxygen atoms in total. The Hall–Kier alpha value is -2.83. The van der Waals surface area contributed by atoms with Crippen molar-refractivity contribution in [2.45, 2.75) is 206 Å². The highest BCUT2D eigenvalue weighted by Gasteiger charge is 2.69. The monoisotopic (exact) mass is 879 g/mol. The molecule has 4 aliphatic carbocycles. The number of allylic oxidation sites excluding steroid dienone is 1. The van der Waals surface area contributed by atoms with Gasteiger partial charge < -0.3 is 46.3 Å². The van der Waals surface area contributed by atoms with E-state index in [1.165, 1.54) is 64.2 Å². The Morgan fingerprint density at radius 2 is 1.70 bits per heavy atom. The zero-order valence-electron chi connectivity index (χ0n) is 39.9. The minimum atomic E-state index is -2.09. The summed E-state index contributed by atoms with van der Waals surface area (Å²) in [4.78, 5) is 31.2. The molecule has 11 atom stereocenters. The third-order valence-corrected chi connectivity index (χ3v) is 17.8. The highest BCUT2D eigenvalue weighted by atomic mass is 16.5. The maximum atomic E-state index is 12.6. The van der Waals surface area contributed by atoms with Gasteiger partial charge in [-0.1, -0.05) is 97.8 Å². The molecule has 4 unspecified atom stereocenters. The largest absolute Gasteiger partial charge is 0.447 e. The maximum absolute atomic E-state index is 12.6. The number of guanidine groups is 1. The second-order valence-corrected chi connectivity index (χ2v) is 22.2. The average molecular weight is 879 g/mol. The summed E-state index contributed by atoms with van der Waals surface area (Å²) >= 11 is 0. The summed E-state index contributed by atoms with van der Waals surface area (Å²) in [5, 5.41) is 30.6. The normalized spacial score (nSPS) is 35.6. The molecule has 3 heterocycles. The molecular formula is C51H86N6O6. The van der Waals surface area contributed by atoms with Crippen LogP contribution in [0.5, 0.6) is 0 Å². The van der Waals surface area contributed by atoms with E-state index in [4.69, 9.17) is 15.2 Å². The lowest BCUT2D eigenvalue weighted by Crippen LogP contribution is -2.77. The number of alkyl carbamates (subject to hydrolysis) is 1. The smallest absolute Gasteiger partial charge is 0.407 e. The van der Waals surface area contributed by atoms with Gasteiger partial charge in [0, 0.05) is 39.0 Å². The second kappa shape index (κ2) is 20.4. The molecule has 0 aromatic carbocycles. The number of carbonyl (C=O) groups is 2. The van der Waals surface area contributed by atoms with Crippen molar-refractivity contribution in [2.24, 2.45) is 57.1 Å². The zero-order valence-corrected chi connectivity index (χ0v) is 39.9. The van der Waals surface area contributed by atoms with Crippen molar-refractivity contribution in [2.75, 3.05) is 26.3 Å². The Kier molecular flexibility index (Phi) is 15.5. The fraction of sp³-hybridized carbons (Fsp3) is 0.863. The molecule has 0 radical (unpaired) electrons. The molecule has 63 heavy (non-hydrogen) atoms. The van der Waals surface area contributed by atoms with Crippen molar-refractivity contribution in [1.29, 1.82) is 0 Å². The number of hydrogen-bond donors (Lipinski definition) is 6. The lowest BCUT2D eigenvalue weighted by molar-refractivity contribution is -0.229. The molecule has 0 bridgehead atoms. The second-order valence-electron chi connectivity index (χ2n) is 22.2. The number of hydrogen-bond acceptors (Lipinski definition) is 11. The van der Waals surface area contributed by atoms with E-state index < -0.39 is 29.6 Å². The number of ketones is 1. The van der Waals surface area contributed by atoms with E-state index >= 15 is 0 Å². The van der Waals surface area contributed by atoms with Crippen LogP contribution in [0.15, 0.2) is 29.0 Å². The van der Waals surface area contributed by atoms with Crippen molar-refractivity contribution in [3.05, 3.63) is 24.0 Å². The van der Waals surface area contributed by atoms with Gasteiger partial charge in [0.15, 0.2) is 11.6 Å². The number of amides is 1. The fourth-order valence-electron chi connectivity index (χ4n) is 14.3. The predicted molar refractivity (Wildman–Crippen MR) is 249 cm³/mol. The van der Waals surface area contributed by atoms with Gasteiger partial charge in [0.25, 0.3) is 0 Å². The number of nitrogens with two attached hydrogens (primary N) is 1. The number of unbranched alkanes of at least 4 members (excludes halogenated alkanes) is 6. The van der Waals surface area contributed by atoms with E-state index in [2.05, 4.69) is 68.2 Å². The number of Topliss-reactive ketones (excluding diaryl/α,β-unsaturated/α-hetero) is 1. The van der Waals surface area contributed by atoms with Gasteiger partial charge >= 0.3 is 6.09 Å². The Morgan fingerprint density at radius 1 is 0.952 bits per heavy atom. The first-order valence-electron chi connectivity index (χ1n) is 25.6. The highest BCUT2D eigenvalue weighted by Crippen LogP contribution is 2.67. The Balaban J connectivity index is 0.698. The third-order valence-electron chi connectivity index (χ3n) is 17.8. The fourth-order valence-corrected chi connectivity index (χ4v) is 14.3. The summed E-state index contributed by atoms with van der Waals surface area (Å²) in [5.41, 5.74) is 7.24. The van der Waals surface area contributed by atoms with E-state index in [-0.39, 0.29) is 19.0 Å². The SMILES string of the molecule is C=C1NC(COC(=O)NCCCCCCCC(=O)CCCCCOC2CC[C@@]3(C)C(=CC[C@H]4[C@@H]5CC[C@H]([C@H](C)CCCC(C)C)[C@@]5(C)CC[C@@H]43)C2)C2N=C(N)NC23N1CCC3(O)O. The number of carbonyl (C=O) groups excluding carboxylic acids is 2. The number of aliphatic hydroxyl groups is 2. The molecule has 12 heteroatoms. The maximum Gasteiger partial charge on any atom is 0.407 e. The lowest BCUT2D eigenvalue weighted by atomic mass is 9.47. The Labute approximate surface area is 379 Å². The molecule has 7 rings (SSSR count). The van der Waals surface area contributed by atoms with Crippen LogP contribution >= 0.6 is 0 Å². The van der Waals surface area contributed by atoms with Gasteiger partial charge in [0.05, 0.1) is 18.0 Å². The van der Waals surface area contributed by atoms with Crippen molar-refractivity contribution in [3.63, 3.8) is 0 Å². The van der Waals surface area contributed by atoms with E-state index in [0.29, 0.717) is 54.5 Å². The Bertz CT molecular complexity index is 1670. The quantitative estimate of drug-likeness (QED) is 0.0353. The molecule has 3 aliphatic heterocycles. The van der Waals surface area contributed by atoms with Crippen LogP contribution in [0.2, 0.25) is 0 Å². The van der Waals surface area contributed by atoms with Crippen molar-refractivity contribution in [3.8, 4) is 0 Å². The molecule has 2 saturated heterocycles. The van der Waals surface area contributed by atoms with Gasteiger partial charge in [-0.15, -0.1) is 0 Å². The number of nitrogens with zero attached hydrogens (tertiary/aromatic N) is 2. The summed E-state index contributed by atoms with van der Waals surface area (Å²) < 4.78 is 12.0. The molecule has 5 fully saturated rings. The van der Waals surface area contributed by atoms with E-state index in [0.717, 1.165) is 99.9 Å². The van der Waals surface area contributed by atoms with Gasteiger partial charge in [0.1, 0.15) is 18.4 Å². The molecule has 1 amide bonds. The van der Waals surface area contributed by atoms with E-state index in [1.54, 1.807) is 10.5 Å². The number of rotatable bonds is 22. The molecule has 0 aromatic rings. The number of nitrogens with one attached hydrogen (secondary N) is 3. The molecule has 0 aromatic heterocycles. The number of ether oxygens (including phenoxy) is 2. The van der Waals surface area contributed by atoms with Crippen LogP contribution in [0.4, 0.5) is 4.79 Å². The summed E-state index contributed by atoms with van der Waals surface area (Å²) in [6, 6.07) is -1.24. The van der Waals surface area contributed by atoms with Crippen molar-refractivity contribution < 1.29 is 29.3 Å². The van der Waals surface area contributed by atoms with Crippen LogP contribution in [0.1, 0.15) is 176 Å². The van der Waals surface area contributed by atoms with Crippen LogP contribution in [-0.4, -0.2) is 88.9 Å². The summed E-state index contributed by atoms with van der Waals surface area (Å²) in [6.45, 7) is 18.3. The van der Waals surface area contributed by atoms with Crippen LogP contribution in [-0.2, 0) is 14.3 Å². The van der Waals surface area contributed by atoms with Gasteiger partial charge in [-0.2, -0.15) is 0 Å². The van der Waals surface area contributed by atoms with Gasteiger partial charge in [-0.3, -0.25) is 4.79 Å². The Morgan fingerprint density at radius 3 is 2.48 bits per heavy atom. The number of aliphatic imine (C=N–C) groups is 1. The molecule has 3 saturated carbocycles. The van der Waals surface area contributed by atoms with Crippen LogP contribution in [0.25, 0.3) is 0 Å². The highest BCUT2D eigenvalue weighted by molar-refractivity contribution is 5.82. The van der Waals surface area contributed by atoms with Gasteiger partial charge in [-0.05, 0) is 123 Å². The minimum Gasteiger partial charge on any atom is -0.447 e. The minimum absolute atomic E-state index is 0.0420. The zero-order chi connectivity index (χ0) is 45.0. The topological polar surface area (TPSA) is 171 Å². The standard InChI is InChI=1S/C51H86N6O6/c1-34(2)16-15-17-35(3)41-22-23-42-40-21-20-37-32-39(24-26-48(37,5)43(40)25-27-49(41,42)6)62-31-14-10-12-19-38(58)18-11-8-7-9-13-29-53-47(59)63-33-44-45-51(56-46(52)55-45)50(60,61)28-30-57(51)36(4)54-44/h20,34-35,39-45,54,60-61H,4,7-19,21-33H2,1-3,5-6H3,(H,53,59)(H3,52,55,56)/t35-,39?,40+,41-,42+,43+,44?,45?,48+,49-,51?/m1/s1. The predicted octanol–water partition coefficient (Wildman–Crippen LogP) is 8.42. The first kappa shape index (κ1) is 48.1. The van der Waals surface area contributed by atoms with Crippen molar-refractivity contribution >= 4 is 17.8 Å². The van der Waals surface area contributed by atoms with Crippen molar-refractivity contribution in [1.82, 2.24) is 20.9 Å². The lowest BCUT2D eigenvalue weighted by Gasteiger charge is -2.58. The van der Waals surface area contributed by atoms with E-state index in [9.17, 15) is 19.8 Å². The molecule has 7 N–H and O–H groups in total. The third kappa shape index (κ3) is 10.1. The first-order valence-corrected chi connectivity index (χ1v) is 25.6. The summed E-state index contributed by atoms with van der Waals surface area (Å²) in [5.74, 6) is 4.12. The van der Waals surface area contributed by atoms with Gasteiger partial charge in [-0.25, -0.2) is 9.79 Å². The molecule has 7 aliphatic rings. The van der Waals surface area contributed by atoms with Crippen LogP contribution in [0.3, 0.4) is 0 Å². The molecular weight excluding hydrogens is 793 g/mol. The number of fused-ring (bicyclic) bond motifs is 5. The van der Waals surface area contributed by atoms with Gasteiger partial charge in [0.2, 0.25) is 5.79 Å². The van der Waals surface area contributed by atoms with Crippen LogP contribution < -0.4 is 21.7 Å². The average Bonchev–Trinajstić information content (AvgIpc) is 3.88. The summed E-state index contributed by atoms with van der Waals surface area (Å²) in [6.07, 6.45) is 26.6. The molecule has 1 spiro atoms. The van der Waals surface area contributed by atoms with Crippen LogP contribution in [0, 0.1) is 46.3 Å². The molecule has 356 valence electrons. The van der Waals surface area contributed by atoms with E-state index in [1.807, 2.05) is 0 Å². The summed E-state index contributed by atoms with van der Waals surface area (Å²) in [7, 11) is 0. The first-order chi connectivity index (χ1) is 30.1.